The van der Waals surface area contributed by atoms with E-state index in [1.807, 2.05) is 69.0 Å². The molecule has 2 saturated carbocycles. The number of amides is 3. The van der Waals surface area contributed by atoms with Crippen LogP contribution in [-0.4, -0.2) is 69.2 Å². The minimum Gasteiger partial charge on any atom is -0.459 e. The molecule has 1 N–H and O–H groups in total. The molecule has 0 aromatic heterocycles. The summed E-state index contributed by atoms with van der Waals surface area (Å²) in [5, 5.41) is 3.10. The Hall–Kier alpha value is -4.54. The van der Waals surface area contributed by atoms with Crippen molar-refractivity contribution in [2.75, 3.05) is 0 Å². The van der Waals surface area contributed by atoms with E-state index in [9.17, 15) is 24.0 Å². The van der Waals surface area contributed by atoms with Crippen molar-refractivity contribution in [1.82, 2.24) is 15.1 Å². The highest BCUT2D eigenvalue weighted by atomic mass is 16.5. The minimum atomic E-state index is -0.645. The third-order valence-electron chi connectivity index (χ3n) is 15.1. The molecule has 2 aromatic rings. The molecule has 1 saturated heterocycles. The first kappa shape index (κ1) is 55.4. The summed E-state index contributed by atoms with van der Waals surface area (Å²) in [4.78, 5) is 72.8. The first-order chi connectivity index (χ1) is 31.8. The van der Waals surface area contributed by atoms with E-state index < -0.39 is 23.1 Å². The minimum absolute atomic E-state index is 0.0106. The fourth-order valence-electron chi connectivity index (χ4n) is 10.9. The van der Waals surface area contributed by atoms with Crippen LogP contribution in [0.3, 0.4) is 0 Å². The number of hydrogen-bond donors (Lipinski definition) is 1. The van der Waals surface area contributed by atoms with E-state index >= 15 is 0 Å². The lowest BCUT2D eigenvalue weighted by Gasteiger charge is -2.48. The molecule has 2 aromatic carbocycles. The Bertz CT molecular complexity index is 2130. The first-order valence-electron chi connectivity index (χ1n) is 26.0. The maximum Gasteiger partial charge on any atom is 0.338 e. The van der Waals surface area contributed by atoms with Gasteiger partial charge in [-0.3, -0.25) is 19.4 Å². The Balaban J connectivity index is 0.000000258. The van der Waals surface area contributed by atoms with Gasteiger partial charge >= 0.3 is 23.8 Å². The molecule has 0 unspecified atom stereocenters. The van der Waals surface area contributed by atoms with Gasteiger partial charge in [0.1, 0.15) is 11.3 Å². The Labute approximate surface area is 415 Å². The van der Waals surface area contributed by atoms with Gasteiger partial charge in [0.15, 0.2) is 0 Å². The van der Waals surface area contributed by atoms with Gasteiger partial charge in [-0.05, 0) is 174 Å². The molecular weight excluding hydrogens is 865 g/mol. The van der Waals surface area contributed by atoms with Crippen molar-refractivity contribution in [2.24, 2.45) is 38.5 Å². The zero-order chi connectivity index (χ0) is 51.5. The van der Waals surface area contributed by atoms with Crippen molar-refractivity contribution in [1.29, 1.82) is 0 Å². The summed E-state index contributed by atoms with van der Waals surface area (Å²) in [7, 11) is 0. The fourth-order valence-corrected chi connectivity index (χ4v) is 10.9. The summed E-state index contributed by atoms with van der Waals surface area (Å²) < 4.78 is 10.7. The highest BCUT2D eigenvalue weighted by Crippen LogP contribution is 2.50. The number of aliphatic imine (C=N–C) groups is 1. The SMILES string of the molecule is CC(C)OC(=O)c1ccc([C@@H](CCC(C)(C)C)N2C(=O)C(=O)NC23CCC(C(C)(C)C)CC3)cc1.CC(C)OC(=O)c1ccc([C@@H](CCC(C)(C)C)N2C(=O)C=NC23CCC(C(C)(C)C)CC3)cc1. The second kappa shape index (κ2) is 21.4. The standard InChI is InChI=1S/C29H44N2O4.C29H44N2O3/c1-19(2)35-26(34)21-11-9-20(10-12-21)23(15-16-27(3,4)5)31-25(33)24(32)30-29(31)17-13-22(14-18-29)28(6,7)8;1-20(2)34-26(33)22-11-9-21(10-12-22)24(15-16-27(3,4)5)31-25(32)19-30-29(31)17-13-23(14-18-29)28(6,7)8/h9-12,19,22-23H,13-18H2,1-8H3,(H,30,32);9-12,19-20,23-24H,13-18H2,1-8H3/t22?,23-,29?;23?,24-,29?/m11/s1. The summed E-state index contributed by atoms with van der Waals surface area (Å²) in [6.07, 6.45) is 12.1. The van der Waals surface area contributed by atoms with Crippen LogP contribution < -0.4 is 5.32 Å². The zero-order valence-corrected chi connectivity index (χ0v) is 45.3. The van der Waals surface area contributed by atoms with Gasteiger partial charge in [0.25, 0.3) is 5.91 Å². The Morgan fingerprint density at radius 1 is 0.609 bits per heavy atom. The van der Waals surface area contributed by atoms with Crippen molar-refractivity contribution in [2.45, 2.75) is 223 Å². The first-order valence-corrected chi connectivity index (χ1v) is 26.0. The van der Waals surface area contributed by atoms with Crippen LogP contribution in [0.1, 0.15) is 232 Å². The molecule has 2 heterocycles. The van der Waals surface area contributed by atoms with Gasteiger partial charge in [-0.1, -0.05) is 107 Å². The molecule has 6 rings (SSSR count). The molecule has 3 fully saturated rings. The van der Waals surface area contributed by atoms with Crippen molar-refractivity contribution in [3.8, 4) is 0 Å². The van der Waals surface area contributed by atoms with Crippen LogP contribution in [0.5, 0.6) is 0 Å². The number of benzene rings is 2. The van der Waals surface area contributed by atoms with Crippen LogP contribution in [0.15, 0.2) is 53.5 Å². The molecular formula is C58H88N4O7. The topological polar surface area (TPSA) is 135 Å². The lowest BCUT2D eigenvalue weighted by atomic mass is 9.69. The van der Waals surface area contributed by atoms with Crippen LogP contribution in [0.25, 0.3) is 0 Å². The van der Waals surface area contributed by atoms with Crippen LogP contribution in [0.2, 0.25) is 0 Å². The second-order valence-corrected chi connectivity index (χ2v) is 25.8. The summed E-state index contributed by atoms with van der Waals surface area (Å²) in [6, 6.07) is 14.7. The van der Waals surface area contributed by atoms with Gasteiger partial charge in [-0.15, -0.1) is 0 Å². The van der Waals surface area contributed by atoms with Gasteiger partial charge in [-0.25, -0.2) is 9.59 Å². The van der Waals surface area contributed by atoms with Gasteiger partial charge in [0.05, 0.1) is 41.6 Å². The molecule has 0 radical (unpaired) electrons. The number of nitrogens with zero attached hydrogens (tertiary/aromatic N) is 3. The lowest BCUT2D eigenvalue weighted by Crippen LogP contribution is -2.56. The number of ether oxygens (including phenoxy) is 2. The Kier molecular flexibility index (Phi) is 17.2. The molecule has 382 valence electrons. The normalized spacial score (nSPS) is 24.2. The van der Waals surface area contributed by atoms with Crippen LogP contribution in [-0.2, 0) is 23.9 Å². The van der Waals surface area contributed by atoms with E-state index in [0.717, 1.165) is 88.2 Å². The van der Waals surface area contributed by atoms with E-state index in [4.69, 9.17) is 14.5 Å². The highest BCUT2D eigenvalue weighted by molar-refractivity contribution is 6.37. The van der Waals surface area contributed by atoms with Crippen LogP contribution in [0.4, 0.5) is 0 Å². The third-order valence-corrected chi connectivity index (χ3v) is 15.1. The summed E-state index contributed by atoms with van der Waals surface area (Å²) in [6.45, 7) is 34.4. The molecule has 2 aliphatic heterocycles. The number of hydrogen-bond acceptors (Lipinski definition) is 8. The van der Waals surface area contributed by atoms with E-state index in [1.54, 1.807) is 18.3 Å². The molecule has 2 atom stereocenters. The molecule has 0 bridgehead atoms. The molecule has 11 nitrogen and oxygen atoms in total. The average molecular weight is 953 g/mol. The second-order valence-electron chi connectivity index (χ2n) is 25.8. The predicted molar refractivity (Wildman–Crippen MR) is 275 cm³/mol. The van der Waals surface area contributed by atoms with Crippen molar-refractivity contribution < 1.29 is 33.4 Å². The largest absolute Gasteiger partial charge is 0.459 e. The Morgan fingerprint density at radius 3 is 1.35 bits per heavy atom. The highest BCUT2D eigenvalue weighted by Gasteiger charge is 2.55. The van der Waals surface area contributed by atoms with E-state index in [0.29, 0.717) is 23.0 Å². The summed E-state index contributed by atoms with van der Waals surface area (Å²) >= 11 is 0. The van der Waals surface area contributed by atoms with Gasteiger partial charge in [0.2, 0.25) is 0 Å². The van der Waals surface area contributed by atoms with Crippen LogP contribution in [0, 0.1) is 33.5 Å². The van der Waals surface area contributed by atoms with Crippen molar-refractivity contribution in [3.05, 3.63) is 70.8 Å². The fraction of sp³-hybridized carbons (Fsp3) is 0.690. The molecule has 3 amide bonds. The predicted octanol–water partition coefficient (Wildman–Crippen LogP) is 13.0. The molecule has 4 aliphatic rings. The third kappa shape index (κ3) is 14.1. The number of rotatable bonds is 12. The Morgan fingerprint density at radius 2 is 0.986 bits per heavy atom. The number of carbonyl (C=O) groups is 5. The van der Waals surface area contributed by atoms with Gasteiger partial charge < -0.3 is 24.6 Å². The van der Waals surface area contributed by atoms with E-state index in [-0.39, 0.29) is 63.8 Å². The monoisotopic (exact) mass is 953 g/mol. The quantitative estimate of drug-likeness (QED) is 0.165. The number of esters is 2. The molecule has 2 aliphatic carbocycles. The van der Waals surface area contributed by atoms with Gasteiger partial charge in [-0.2, -0.15) is 0 Å². The van der Waals surface area contributed by atoms with Crippen molar-refractivity contribution in [3.63, 3.8) is 0 Å². The maximum absolute atomic E-state index is 13.3. The number of nitrogens with one attached hydrogen (secondary N) is 1. The molecule has 2 spiro atoms. The summed E-state index contributed by atoms with van der Waals surface area (Å²) in [5.41, 5.74) is 2.63. The van der Waals surface area contributed by atoms with Crippen LogP contribution >= 0.6 is 0 Å². The zero-order valence-electron chi connectivity index (χ0n) is 45.3. The van der Waals surface area contributed by atoms with E-state index in [1.165, 1.54) is 0 Å². The lowest BCUT2D eigenvalue weighted by molar-refractivity contribution is -0.144. The smallest absolute Gasteiger partial charge is 0.338 e. The van der Waals surface area contributed by atoms with E-state index in [2.05, 4.69) is 93.3 Å². The summed E-state index contributed by atoms with van der Waals surface area (Å²) in [5.74, 6) is -0.406. The number of carbonyl (C=O) groups excluding carboxylic acids is 5. The maximum atomic E-state index is 13.3. The average Bonchev–Trinajstić information content (AvgIpc) is 3.67. The molecule has 11 heteroatoms. The van der Waals surface area contributed by atoms with Gasteiger partial charge in [0, 0.05) is 0 Å². The van der Waals surface area contributed by atoms with Crippen molar-refractivity contribution >= 4 is 35.9 Å². The molecule has 69 heavy (non-hydrogen) atoms.